The number of piperidine rings is 1. The number of hydrogen-bond donors (Lipinski definition) is 1. The summed E-state index contributed by atoms with van der Waals surface area (Å²) in [5.74, 6) is 0.790. The Hall–Kier alpha value is -2.81. The lowest BCUT2D eigenvalue weighted by Gasteiger charge is -2.31. The van der Waals surface area contributed by atoms with E-state index in [0.29, 0.717) is 61.3 Å². The van der Waals surface area contributed by atoms with Gasteiger partial charge in [0.05, 0.1) is 17.3 Å². The summed E-state index contributed by atoms with van der Waals surface area (Å²) in [5.41, 5.74) is 2.30. The number of rotatable bonds is 7. The minimum Gasteiger partial charge on any atom is -0.343 e. The van der Waals surface area contributed by atoms with E-state index in [1.165, 1.54) is 11.3 Å². The Morgan fingerprint density at radius 1 is 1.28 bits per heavy atom. The molecule has 0 spiro atoms. The van der Waals surface area contributed by atoms with E-state index in [2.05, 4.69) is 15.1 Å². The highest BCUT2D eigenvalue weighted by molar-refractivity contribution is 7.17. The van der Waals surface area contributed by atoms with Crippen LogP contribution in [0, 0.1) is 12.8 Å². The fraction of sp³-hybridized carbons (Fsp3) is 0.522. The number of carbonyl (C=O) groups is 2. The molecule has 3 aromatic rings. The summed E-state index contributed by atoms with van der Waals surface area (Å²) in [4.78, 5) is 46.8. The van der Waals surface area contributed by atoms with Crippen LogP contribution in [0.3, 0.4) is 0 Å². The molecular formula is C23H29N5O3S. The summed E-state index contributed by atoms with van der Waals surface area (Å²) < 4.78 is 2.45. The molecule has 1 fully saturated rings. The van der Waals surface area contributed by atoms with Gasteiger partial charge in [-0.05, 0) is 51.0 Å². The monoisotopic (exact) mass is 455 g/mol. The van der Waals surface area contributed by atoms with Gasteiger partial charge in [0.25, 0.3) is 5.56 Å². The number of hydrogen-bond acceptors (Lipinski definition) is 6. The van der Waals surface area contributed by atoms with Crippen LogP contribution in [0.1, 0.15) is 67.3 Å². The van der Waals surface area contributed by atoms with Crippen LogP contribution in [0.2, 0.25) is 0 Å². The van der Waals surface area contributed by atoms with Crippen LogP contribution in [0.4, 0.5) is 0 Å². The second-order valence-corrected chi connectivity index (χ2v) is 9.66. The number of H-pyrrole nitrogens is 1. The number of amides is 1. The number of aryl methyl sites for hydroxylation is 2. The number of thiophene rings is 1. The Bertz CT molecular complexity index is 1180. The fourth-order valence-corrected chi connectivity index (χ4v) is 5.03. The highest BCUT2D eigenvalue weighted by Gasteiger charge is 2.28. The zero-order valence-corrected chi connectivity index (χ0v) is 19.6. The first-order valence-electron chi connectivity index (χ1n) is 11.2. The lowest BCUT2D eigenvalue weighted by molar-refractivity contribution is -0.132. The maximum Gasteiger partial charge on any atom is 0.268 e. The molecule has 0 aliphatic carbocycles. The van der Waals surface area contributed by atoms with E-state index in [4.69, 9.17) is 0 Å². The third-order valence-corrected chi connectivity index (χ3v) is 7.18. The number of aromatic nitrogens is 4. The van der Waals surface area contributed by atoms with Crippen molar-refractivity contribution in [3.63, 3.8) is 0 Å². The van der Waals surface area contributed by atoms with Crippen molar-refractivity contribution < 1.29 is 9.59 Å². The maximum atomic E-state index is 12.8. The first-order chi connectivity index (χ1) is 15.3. The molecule has 0 unspecified atom stereocenters. The van der Waals surface area contributed by atoms with Crippen LogP contribution >= 0.6 is 11.3 Å². The lowest BCUT2D eigenvalue weighted by Crippen LogP contribution is -2.40. The van der Waals surface area contributed by atoms with E-state index in [-0.39, 0.29) is 29.2 Å². The maximum absolute atomic E-state index is 12.8. The minimum atomic E-state index is -0.111. The average Bonchev–Trinajstić information content (AvgIpc) is 3.41. The SMILES string of the molecule is Cc1csc2c(=O)[nH]c(CCCC(=O)N3CCC(C(=O)c4cnn(C(C)C)c4)CC3)nc12. The van der Waals surface area contributed by atoms with Crippen molar-refractivity contribution in [3.05, 3.63) is 45.1 Å². The fourth-order valence-electron chi connectivity index (χ4n) is 4.15. The van der Waals surface area contributed by atoms with Gasteiger partial charge in [0.2, 0.25) is 5.91 Å². The summed E-state index contributed by atoms with van der Waals surface area (Å²) in [6.07, 6.45) is 6.42. The molecule has 0 saturated carbocycles. The number of nitrogens with zero attached hydrogens (tertiary/aromatic N) is 4. The second kappa shape index (κ2) is 9.36. The van der Waals surface area contributed by atoms with Gasteiger partial charge in [-0.1, -0.05) is 0 Å². The van der Waals surface area contributed by atoms with Gasteiger partial charge in [-0.25, -0.2) is 4.98 Å². The summed E-state index contributed by atoms with van der Waals surface area (Å²) in [6, 6.07) is 0.222. The molecule has 9 heteroatoms. The molecule has 4 heterocycles. The Balaban J connectivity index is 1.26. The summed E-state index contributed by atoms with van der Waals surface area (Å²) in [7, 11) is 0. The largest absolute Gasteiger partial charge is 0.343 e. The van der Waals surface area contributed by atoms with Gasteiger partial charge in [-0.3, -0.25) is 19.1 Å². The Kier molecular flexibility index (Phi) is 6.55. The minimum absolute atomic E-state index is 0.0567. The summed E-state index contributed by atoms with van der Waals surface area (Å²) >= 11 is 1.40. The normalized spacial score (nSPS) is 15.1. The molecule has 1 amide bonds. The second-order valence-electron chi connectivity index (χ2n) is 8.78. The molecule has 0 atom stereocenters. The molecule has 0 radical (unpaired) electrons. The molecule has 1 saturated heterocycles. The van der Waals surface area contributed by atoms with Crippen LogP contribution in [-0.2, 0) is 11.2 Å². The van der Waals surface area contributed by atoms with E-state index in [1.54, 1.807) is 10.9 Å². The topological polar surface area (TPSA) is 101 Å². The average molecular weight is 456 g/mol. The zero-order valence-electron chi connectivity index (χ0n) is 18.8. The summed E-state index contributed by atoms with van der Waals surface area (Å²) in [5, 5.41) is 6.20. The molecule has 170 valence electrons. The lowest BCUT2D eigenvalue weighted by atomic mass is 9.90. The van der Waals surface area contributed by atoms with Gasteiger partial charge in [-0.15, -0.1) is 11.3 Å². The van der Waals surface area contributed by atoms with Crippen molar-refractivity contribution in [2.75, 3.05) is 13.1 Å². The van der Waals surface area contributed by atoms with Crippen LogP contribution in [0.25, 0.3) is 10.2 Å². The number of Topliss-reactive ketones (excluding diaryl/α,β-unsaturated/α-hetero) is 1. The molecule has 1 aliphatic heterocycles. The number of aromatic amines is 1. The number of carbonyl (C=O) groups excluding carboxylic acids is 2. The van der Waals surface area contributed by atoms with Crippen molar-refractivity contribution in [2.45, 2.75) is 58.9 Å². The van der Waals surface area contributed by atoms with Gasteiger partial charge in [0.1, 0.15) is 10.5 Å². The van der Waals surface area contributed by atoms with Crippen molar-refractivity contribution in [1.29, 1.82) is 0 Å². The molecule has 0 aromatic carbocycles. The van der Waals surface area contributed by atoms with E-state index >= 15 is 0 Å². The highest BCUT2D eigenvalue weighted by Crippen LogP contribution is 2.23. The van der Waals surface area contributed by atoms with E-state index in [9.17, 15) is 14.4 Å². The standard InChI is InChI=1S/C23H29N5O3S/c1-14(2)28-12-17(11-24-28)21(30)16-7-9-27(10-8-16)19(29)6-4-5-18-25-20-15(3)13-32-22(20)23(31)26-18/h11-14,16H,4-10H2,1-3H3,(H,25,26,31). The van der Waals surface area contributed by atoms with Crippen molar-refractivity contribution >= 4 is 33.2 Å². The third-order valence-electron chi connectivity index (χ3n) is 6.09. The molecule has 4 rings (SSSR count). The van der Waals surface area contributed by atoms with Crippen molar-refractivity contribution in [2.24, 2.45) is 5.92 Å². The summed E-state index contributed by atoms with van der Waals surface area (Å²) in [6.45, 7) is 7.20. The van der Waals surface area contributed by atoms with Crippen LogP contribution in [0.5, 0.6) is 0 Å². The molecule has 1 N–H and O–H groups in total. The molecule has 3 aromatic heterocycles. The van der Waals surface area contributed by atoms with Gasteiger partial charge in [-0.2, -0.15) is 5.10 Å². The molecule has 32 heavy (non-hydrogen) atoms. The number of fused-ring (bicyclic) bond motifs is 1. The van der Waals surface area contributed by atoms with Gasteiger partial charge < -0.3 is 9.88 Å². The Labute approximate surface area is 190 Å². The van der Waals surface area contributed by atoms with Crippen LogP contribution in [-0.4, -0.2) is 49.4 Å². The first-order valence-corrected chi connectivity index (χ1v) is 12.0. The van der Waals surface area contributed by atoms with Gasteiger partial charge in [0.15, 0.2) is 5.78 Å². The first kappa shape index (κ1) is 22.4. The molecule has 8 nitrogen and oxygen atoms in total. The predicted octanol–water partition coefficient (Wildman–Crippen LogP) is 3.51. The third kappa shape index (κ3) is 4.67. The van der Waals surface area contributed by atoms with E-state index in [0.717, 1.165) is 11.1 Å². The Morgan fingerprint density at radius 3 is 2.72 bits per heavy atom. The van der Waals surface area contributed by atoms with E-state index in [1.807, 2.05) is 37.2 Å². The van der Waals surface area contributed by atoms with Gasteiger partial charge >= 0.3 is 0 Å². The number of likely N-dealkylation sites (tertiary alicyclic amines) is 1. The predicted molar refractivity (Wildman–Crippen MR) is 124 cm³/mol. The Morgan fingerprint density at radius 2 is 2.03 bits per heavy atom. The molecule has 0 bridgehead atoms. The van der Waals surface area contributed by atoms with Gasteiger partial charge in [0, 0.05) is 44.1 Å². The van der Waals surface area contributed by atoms with Crippen LogP contribution in [0.15, 0.2) is 22.6 Å². The zero-order chi connectivity index (χ0) is 22.8. The number of nitrogens with one attached hydrogen (secondary N) is 1. The van der Waals surface area contributed by atoms with Crippen molar-refractivity contribution in [3.8, 4) is 0 Å². The quantitative estimate of drug-likeness (QED) is 0.550. The highest BCUT2D eigenvalue weighted by atomic mass is 32.1. The van der Waals surface area contributed by atoms with E-state index < -0.39 is 0 Å². The molecule has 1 aliphatic rings. The van der Waals surface area contributed by atoms with Crippen molar-refractivity contribution in [1.82, 2.24) is 24.6 Å². The molecular weight excluding hydrogens is 426 g/mol. The number of ketones is 1. The van der Waals surface area contributed by atoms with Crippen LogP contribution < -0.4 is 5.56 Å². The smallest absolute Gasteiger partial charge is 0.268 e.